The fraction of sp³-hybridized carbons (Fsp3) is 0.778. The SMILES string of the molecule is OC1(C2(Br)CC2CCl)C=CCC1. The highest BCUT2D eigenvalue weighted by molar-refractivity contribution is 9.10. The minimum Gasteiger partial charge on any atom is -0.384 e. The molecule has 0 aromatic carbocycles. The molecule has 3 heteroatoms. The highest BCUT2D eigenvalue weighted by Crippen LogP contribution is 2.61. The van der Waals surface area contributed by atoms with Crippen LogP contribution in [0.25, 0.3) is 0 Å². The number of rotatable bonds is 2. The molecule has 3 unspecified atom stereocenters. The zero-order valence-corrected chi connectivity index (χ0v) is 9.11. The second kappa shape index (κ2) is 2.73. The van der Waals surface area contributed by atoms with Gasteiger partial charge < -0.3 is 5.11 Å². The Morgan fingerprint density at radius 2 is 2.42 bits per heavy atom. The zero-order chi connectivity index (χ0) is 8.82. The van der Waals surface area contributed by atoms with Crippen LogP contribution in [0.2, 0.25) is 0 Å². The van der Waals surface area contributed by atoms with E-state index in [0.717, 1.165) is 19.3 Å². The molecule has 68 valence electrons. The molecule has 0 amide bonds. The summed E-state index contributed by atoms with van der Waals surface area (Å²) in [6, 6.07) is 0. The predicted octanol–water partition coefficient (Wildman–Crippen LogP) is 2.46. The lowest BCUT2D eigenvalue weighted by Crippen LogP contribution is -2.38. The first-order chi connectivity index (χ1) is 5.62. The Kier molecular flexibility index (Phi) is 2.06. The van der Waals surface area contributed by atoms with E-state index in [1.165, 1.54) is 0 Å². The Bertz CT molecular complexity index is 231. The van der Waals surface area contributed by atoms with Gasteiger partial charge in [0.15, 0.2) is 0 Å². The van der Waals surface area contributed by atoms with E-state index >= 15 is 0 Å². The minimum atomic E-state index is -0.632. The number of halogens is 2. The van der Waals surface area contributed by atoms with E-state index in [-0.39, 0.29) is 4.32 Å². The molecule has 0 saturated heterocycles. The second-order valence-corrected chi connectivity index (χ2v) is 5.51. The smallest absolute Gasteiger partial charge is 0.0986 e. The summed E-state index contributed by atoms with van der Waals surface area (Å²) in [5.74, 6) is 1.08. The highest BCUT2D eigenvalue weighted by atomic mass is 79.9. The van der Waals surface area contributed by atoms with E-state index in [1.54, 1.807) is 0 Å². The molecule has 0 heterocycles. The van der Waals surface area contributed by atoms with Crippen molar-refractivity contribution in [1.29, 1.82) is 0 Å². The average Bonchev–Trinajstić information content (AvgIpc) is 2.52. The summed E-state index contributed by atoms with van der Waals surface area (Å²) in [6.07, 6.45) is 6.79. The lowest BCUT2D eigenvalue weighted by Gasteiger charge is -2.27. The fourth-order valence-corrected chi connectivity index (χ4v) is 3.46. The Morgan fingerprint density at radius 3 is 2.83 bits per heavy atom. The summed E-state index contributed by atoms with van der Waals surface area (Å²) in [6.45, 7) is 0. The van der Waals surface area contributed by atoms with Crippen molar-refractivity contribution < 1.29 is 5.11 Å². The fourth-order valence-electron chi connectivity index (χ4n) is 2.02. The largest absolute Gasteiger partial charge is 0.384 e. The Hall–Kier alpha value is 0.470. The average molecular weight is 252 g/mol. The van der Waals surface area contributed by atoms with Crippen molar-refractivity contribution in [2.45, 2.75) is 29.2 Å². The zero-order valence-electron chi connectivity index (χ0n) is 6.76. The van der Waals surface area contributed by atoms with Crippen molar-refractivity contribution in [2.24, 2.45) is 5.92 Å². The molecule has 1 nitrogen and oxygen atoms in total. The van der Waals surface area contributed by atoms with Crippen molar-refractivity contribution in [2.75, 3.05) is 5.88 Å². The Morgan fingerprint density at radius 1 is 1.67 bits per heavy atom. The maximum absolute atomic E-state index is 10.2. The number of alkyl halides is 2. The van der Waals surface area contributed by atoms with Gasteiger partial charge in [0.2, 0.25) is 0 Å². The van der Waals surface area contributed by atoms with E-state index < -0.39 is 5.60 Å². The van der Waals surface area contributed by atoms with Crippen molar-refractivity contribution in [3.05, 3.63) is 12.2 Å². The molecule has 2 aliphatic carbocycles. The molecule has 0 aliphatic heterocycles. The van der Waals surface area contributed by atoms with Gasteiger partial charge in [-0.2, -0.15) is 0 Å². The van der Waals surface area contributed by atoms with Gasteiger partial charge in [-0.15, -0.1) is 11.6 Å². The first kappa shape index (κ1) is 9.04. The molecule has 0 aromatic heterocycles. The maximum Gasteiger partial charge on any atom is 0.0986 e. The maximum atomic E-state index is 10.2. The van der Waals surface area contributed by atoms with Gasteiger partial charge in [-0.05, 0) is 25.2 Å². The molecule has 0 spiro atoms. The van der Waals surface area contributed by atoms with Gasteiger partial charge in [0.25, 0.3) is 0 Å². The summed E-state index contributed by atoms with van der Waals surface area (Å²) in [5.41, 5.74) is -0.632. The van der Waals surface area contributed by atoms with Gasteiger partial charge in [-0.3, -0.25) is 0 Å². The Balaban J connectivity index is 2.14. The molecule has 1 N–H and O–H groups in total. The topological polar surface area (TPSA) is 20.2 Å². The van der Waals surface area contributed by atoms with E-state index in [2.05, 4.69) is 15.9 Å². The highest BCUT2D eigenvalue weighted by Gasteiger charge is 2.63. The Labute approximate surface area is 85.9 Å². The molecule has 0 aromatic rings. The van der Waals surface area contributed by atoms with Gasteiger partial charge in [0.05, 0.1) is 9.93 Å². The molecular formula is C9H12BrClO. The van der Waals surface area contributed by atoms with Crippen molar-refractivity contribution >= 4 is 27.5 Å². The van der Waals surface area contributed by atoms with Crippen LogP contribution >= 0.6 is 27.5 Å². The molecule has 12 heavy (non-hydrogen) atoms. The summed E-state index contributed by atoms with van der Waals surface area (Å²) in [7, 11) is 0. The van der Waals surface area contributed by atoms with E-state index in [1.807, 2.05) is 12.2 Å². The third-order valence-corrected chi connectivity index (χ3v) is 5.05. The van der Waals surface area contributed by atoms with Gasteiger partial charge in [0, 0.05) is 5.88 Å². The summed E-state index contributed by atoms with van der Waals surface area (Å²) < 4.78 is -0.116. The third kappa shape index (κ3) is 1.08. The molecule has 2 aliphatic rings. The number of hydrogen-bond acceptors (Lipinski definition) is 1. The number of allylic oxidation sites excluding steroid dienone is 1. The van der Waals surface area contributed by atoms with E-state index in [4.69, 9.17) is 11.6 Å². The van der Waals surface area contributed by atoms with E-state index in [9.17, 15) is 5.11 Å². The number of hydrogen-bond donors (Lipinski definition) is 1. The van der Waals surface area contributed by atoms with Gasteiger partial charge in [-0.25, -0.2) is 0 Å². The van der Waals surface area contributed by atoms with Crippen LogP contribution < -0.4 is 0 Å². The predicted molar refractivity (Wildman–Crippen MR) is 53.8 cm³/mol. The molecular weight excluding hydrogens is 239 g/mol. The van der Waals surface area contributed by atoms with Crippen LogP contribution in [-0.2, 0) is 0 Å². The monoisotopic (exact) mass is 250 g/mol. The van der Waals surface area contributed by atoms with Crippen molar-refractivity contribution in [3.63, 3.8) is 0 Å². The second-order valence-electron chi connectivity index (χ2n) is 3.78. The molecule has 1 fully saturated rings. The van der Waals surface area contributed by atoms with Gasteiger partial charge >= 0.3 is 0 Å². The normalized spacial score (nSPS) is 51.4. The lowest BCUT2D eigenvalue weighted by atomic mass is 9.96. The van der Waals surface area contributed by atoms with Gasteiger partial charge in [0.1, 0.15) is 0 Å². The lowest BCUT2D eigenvalue weighted by molar-refractivity contribution is 0.0787. The van der Waals surface area contributed by atoms with Crippen LogP contribution in [0.4, 0.5) is 0 Å². The van der Waals surface area contributed by atoms with Crippen LogP contribution in [0.15, 0.2) is 12.2 Å². The van der Waals surface area contributed by atoms with Crippen LogP contribution in [-0.4, -0.2) is 20.9 Å². The molecule has 0 radical (unpaired) electrons. The summed E-state index contributed by atoms with van der Waals surface area (Å²) in [4.78, 5) is 0. The molecule has 2 rings (SSSR count). The van der Waals surface area contributed by atoms with Crippen molar-refractivity contribution in [1.82, 2.24) is 0 Å². The van der Waals surface area contributed by atoms with Crippen molar-refractivity contribution in [3.8, 4) is 0 Å². The van der Waals surface area contributed by atoms with Crippen LogP contribution in [0.5, 0.6) is 0 Å². The van der Waals surface area contributed by atoms with Crippen LogP contribution in [0.1, 0.15) is 19.3 Å². The van der Waals surface area contributed by atoms with Crippen LogP contribution in [0.3, 0.4) is 0 Å². The first-order valence-electron chi connectivity index (χ1n) is 4.27. The molecule has 0 bridgehead atoms. The first-order valence-corrected chi connectivity index (χ1v) is 5.60. The molecule has 3 atom stereocenters. The summed E-state index contributed by atoms with van der Waals surface area (Å²) >= 11 is 9.37. The number of aliphatic hydroxyl groups is 1. The summed E-state index contributed by atoms with van der Waals surface area (Å²) in [5, 5.41) is 10.2. The standard InChI is InChI=1S/C9H12BrClO/c10-9(5-7(9)6-11)8(12)3-1-2-4-8/h1,3,7,12H,2,4-6H2. The van der Waals surface area contributed by atoms with Crippen LogP contribution in [0, 0.1) is 5.92 Å². The van der Waals surface area contributed by atoms with Gasteiger partial charge in [-0.1, -0.05) is 28.1 Å². The third-order valence-electron chi connectivity index (χ3n) is 3.02. The molecule has 1 saturated carbocycles. The minimum absolute atomic E-state index is 0.116. The quantitative estimate of drug-likeness (QED) is 0.590. The van der Waals surface area contributed by atoms with E-state index in [0.29, 0.717) is 11.8 Å².